The van der Waals surface area contributed by atoms with Gasteiger partial charge in [-0.1, -0.05) is 41.0 Å². The molecule has 0 atom stereocenters. The molecule has 0 spiro atoms. The fourth-order valence-corrected chi connectivity index (χ4v) is 4.36. The van der Waals surface area contributed by atoms with Crippen molar-refractivity contribution in [3.8, 4) is 0 Å². The van der Waals surface area contributed by atoms with Crippen LogP contribution < -0.4 is 4.31 Å². The van der Waals surface area contributed by atoms with Crippen molar-refractivity contribution in [3.05, 3.63) is 89.3 Å². The standard InChI is InChI=1S/C21H19ClN2O5S/c1-3-11-24(16-7-5-4-6-8-16)30(26,27)18-9-10-20(22)19(13-18)21(25)28-14-17-12-15(2)23-29-17/h3-10,12-13H,1,11,14H2,2H3. The molecular formula is C21H19ClN2O5S. The lowest BCUT2D eigenvalue weighted by Gasteiger charge is -2.23. The van der Waals surface area contributed by atoms with Crippen molar-refractivity contribution in [2.45, 2.75) is 18.4 Å². The Kier molecular flexibility index (Phi) is 6.59. The first-order valence-electron chi connectivity index (χ1n) is 8.90. The lowest BCUT2D eigenvalue weighted by atomic mass is 10.2. The SMILES string of the molecule is C=CCN(c1ccccc1)S(=O)(=O)c1ccc(Cl)c(C(=O)OCc2cc(C)no2)c1. The highest BCUT2D eigenvalue weighted by molar-refractivity contribution is 7.92. The molecule has 0 saturated carbocycles. The normalized spacial score (nSPS) is 11.1. The summed E-state index contributed by atoms with van der Waals surface area (Å²) in [6.45, 7) is 5.27. The van der Waals surface area contributed by atoms with Gasteiger partial charge in [0.1, 0.15) is 0 Å². The number of carbonyl (C=O) groups excluding carboxylic acids is 1. The number of anilines is 1. The maximum Gasteiger partial charge on any atom is 0.340 e. The lowest BCUT2D eigenvalue weighted by molar-refractivity contribution is 0.0437. The van der Waals surface area contributed by atoms with Gasteiger partial charge in [-0.2, -0.15) is 0 Å². The minimum Gasteiger partial charge on any atom is -0.454 e. The summed E-state index contributed by atoms with van der Waals surface area (Å²) in [4.78, 5) is 12.4. The van der Waals surface area contributed by atoms with Gasteiger partial charge in [-0.05, 0) is 37.3 Å². The summed E-state index contributed by atoms with van der Waals surface area (Å²) in [5, 5.41) is 3.78. The Labute approximate surface area is 179 Å². The van der Waals surface area contributed by atoms with Gasteiger partial charge in [-0.15, -0.1) is 6.58 Å². The van der Waals surface area contributed by atoms with Crippen molar-refractivity contribution in [2.75, 3.05) is 10.8 Å². The zero-order chi connectivity index (χ0) is 21.7. The molecule has 30 heavy (non-hydrogen) atoms. The fraction of sp³-hybridized carbons (Fsp3) is 0.143. The molecule has 0 aliphatic heterocycles. The zero-order valence-electron chi connectivity index (χ0n) is 16.1. The topological polar surface area (TPSA) is 89.7 Å². The fourth-order valence-electron chi connectivity index (χ4n) is 2.70. The highest BCUT2D eigenvalue weighted by Crippen LogP contribution is 2.27. The maximum absolute atomic E-state index is 13.3. The van der Waals surface area contributed by atoms with Crippen molar-refractivity contribution in [2.24, 2.45) is 0 Å². The second kappa shape index (κ2) is 9.15. The summed E-state index contributed by atoms with van der Waals surface area (Å²) in [6, 6.07) is 14.1. The number of ether oxygens (including phenoxy) is 1. The number of carbonyl (C=O) groups is 1. The van der Waals surface area contributed by atoms with Crippen LogP contribution in [-0.4, -0.2) is 26.1 Å². The Bertz CT molecular complexity index is 1160. The summed E-state index contributed by atoms with van der Waals surface area (Å²) in [5.74, 6) is -0.414. The average Bonchev–Trinajstić information content (AvgIpc) is 3.16. The van der Waals surface area contributed by atoms with Crippen LogP contribution in [0.15, 0.2) is 76.7 Å². The molecule has 3 aromatic rings. The molecule has 0 bridgehead atoms. The molecule has 0 saturated heterocycles. The third kappa shape index (κ3) is 4.72. The van der Waals surface area contributed by atoms with Gasteiger partial charge >= 0.3 is 5.97 Å². The van der Waals surface area contributed by atoms with Gasteiger partial charge in [0, 0.05) is 6.07 Å². The Morgan fingerprint density at radius 1 is 1.23 bits per heavy atom. The predicted molar refractivity (Wildman–Crippen MR) is 113 cm³/mol. The third-order valence-electron chi connectivity index (χ3n) is 4.11. The van der Waals surface area contributed by atoms with Crippen LogP contribution in [0, 0.1) is 6.92 Å². The van der Waals surface area contributed by atoms with Crippen molar-refractivity contribution in [1.29, 1.82) is 0 Å². The summed E-state index contributed by atoms with van der Waals surface area (Å²) < 4.78 is 37.9. The predicted octanol–water partition coefficient (Wildman–Crippen LogP) is 4.37. The molecule has 0 amide bonds. The number of para-hydroxylation sites is 1. The number of rotatable bonds is 8. The van der Waals surface area contributed by atoms with Crippen LogP contribution in [0.25, 0.3) is 0 Å². The number of sulfonamides is 1. The first kappa shape index (κ1) is 21.6. The molecule has 2 aromatic carbocycles. The average molecular weight is 447 g/mol. The number of hydrogen-bond donors (Lipinski definition) is 0. The Morgan fingerprint density at radius 2 is 1.97 bits per heavy atom. The molecule has 1 heterocycles. The third-order valence-corrected chi connectivity index (χ3v) is 6.23. The van der Waals surface area contributed by atoms with E-state index in [4.69, 9.17) is 20.9 Å². The number of nitrogens with zero attached hydrogens (tertiary/aromatic N) is 2. The quantitative estimate of drug-likeness (QED) is 0.377. The zero-order valence-corrected chi connectivity index (χ0v) is 17.7. The molecule has 0 aliphatic rings. The number of aryl methyl sites for hydroxylation is 1. The van der Waals surface area contributed by atoms with Gasteiger partial charge < -0.3 is 9.26 Å². The summed E-state index contributed by atoms with van der Waals surface area (Å²) in [5.41, 5.74) is 1.05. The van der Waals surface area contributed by atoms with Gasteiger partial charge in [0.25, 0.3) is 10.0 Å². The van der Waals surface area contributed by atoms with E-state index >= 15 is 0 Å². The van der Waals surface area contributed by atoms with E-state index in [9.17, 15) is 13.2 Å². The molecule has 0 unspecified atom stereocenters. The molecule has 0 aliphatic carbocycles. The number of esters is 1. The molecule has 156 valence electrons. The summed E-state index contributed by atoms with van der Waals surface area (Å²) >= 11 is 6.12. The highest BCUT2D eigenvalue weighted by atomic mass is 35.5. The van der Waals surface area contributed by atoms with Gasteiger partial charge in [-0.25, -0.2) is 13.2 Å². The summed E-state index contributed by atoms with van der Waals surface area (Å²) in [7, 11) is -3.99. The van der Waals surface area contributed by atoms with Crippen LogP contribution in [-0.2, 0) is 21.4 Å². The monoisotopic (exact) mass is 446 g/mol. The number of hydrogen-bond acceptors (Lipinski definition) is 6. The smallest absolute Gasteiger partial charge is 0.340 e. The molecule has 3 rings (SSSR count). The van der Waals surface area contributed by atoms with Gasteiger partial charge in [0.2, 0.25) is 0 Å². The molecule has 1 aromatic heterocycles. The van der Waals surface area contributed by atoms with E-state index in [-0.39, 0.29) is 28.6 Å². The van der Waals surface area contributed by atoms with Crippen LogP contribution >= 0.6 is 11.6 Å². The van der Waals surface area contributed by atoms with Crippen LogP contribution in [0.3, 0.4) is 0 Å². The van der Waals surface area contributed by atoms with Crippen molar-refractivity contribution in [3.63, 3.8) is 0 Å². The van der Waals surface area contributed by atoms with E-state index in [2.05, 4.69) is 11.7 Å². The van der Waals surface area contributed by atoms with Crippen LogP contribution in [0.4, 0.5) is 5.69 Å². The van der Waals surface area contributed by atoms with Crippen molar-refractivity contribution in [1.82, 2.24) is 5.16 Å². The Balaban J connectivity index is 1.90. The van der Waals surface area contributed by atoms with Crippen molar-refractivity contribution >= 4 is 33.3 Å². The largest absolute Gasteiger partial charge is 0.454 e. The van der Waals surface area contributed by atoms with Crippen LogP contribution in [0.1, 0.15) is 21.8 Å². The lowest BCUT2D eigenvalue weighted by Crippen LogP contribution is -2.31. The first-order chi connectivity index (χ1) is 14.3. The van der Waals surface area contributed by atoms with Gasteiger partial charge in [-0.3, -0.25) is 4.31 Å². The van der Waals surface area contributed by atoms with E-state index in [1.54, 1.807) is 43.3 Å². The molecule has 7 nitrogen and oxygen atoms in total. The number of aromatic nitrogens is 1. The minimum atomic E-state index is -3.99. The Morgan fingerprint density at radius 3 is 2.60 bits per heavy atom. The minimum absolute atomic E-state index is 0.0552. The van der Waals surface area contributed by atoms with Crippen LogP contribution in [0.5, 0.6) is 0 Å². The molecule has 0 radical (unpaired) electrons. The van der Waals surface area contributed by atoms with Gasteiger partial charge in [0.15, 0.2) is 12.4 Å². The van der Waals surface area contributed by atoms with Gasteiger partial charge in [0.05, 0.1) is 33.4 Å². The molecule has 9 heteroatoms. The first-order valence-corrected chi connectivity index (χ1v) is 10.7. The van der Waals surface area contributed by atoms with E-state index in [1.807, 2.05) is 0 Å². The Hall–Kier alpha value is -3.10. The van der Waals surface area contributed by atoms with E-state index in [1.165, 1.54) is 28.6 Å². The second-order valence-corrected chi connectivity index (χ2v) is 8.58. The summed E-state index contributed by atoms with van der Waals surface area (Å²) in [6.07, 6.45) is 1.48. The van der Waals surface area contributed by atoms with E-state index in [0.29, 0.717) is 17.1 Å². The van der Waals surface area contributed by atoms with Crippen LogP contribution in [0.2, 0.25) is 5.02 Å². The van der Waals surface area contributed by atoms with E-state index < -0.39 is 16.0 Å². The highest BCUT2D eigenvalue weighted by Gasteiger charge is 2.26. The molecular weight excluding hydrogens is 428 g/mol. The molecule has 0 fully saturated rings. The van der Waals surface area contributed by atoms with E-state index in [0.717, 1.165) is 0 Å². The second-order valence-electron chi connectivity index (χ2n) is 6.31. The maximum atomic E-state index is 13.3. The number of benzene rings is 2. The van der Waals surface area contributed by atoms with Crippen molar-refractivity contribution < 1.29 is 22.5 Å². The molecule has 0 N–H and O–H groups in total. The number of halogens is 1.